The fourth-order valence-electron chi connectivity index (χ4n) is 5.18. The van der Waals surface area contributed by atoms with Crippen LogP contribution in [0.2, 0.25) is 0 Å². The molecule has 2 saturated heterocycles. The number of nitrogens with zero attached hydrogens (tertiary/aromatic N) is 5. The highest BCUT2D eigenvalue weighted by molar-refractivity contribution is 8.23. The van der Waals surface area contributed by atoms with E-state index in [1.807, 2.05) is 32.0 Å². The second-order valence-corrected chi connectivity index (χ2v) is 11.6. The van der Waals surface area contributed by atoms with E-state index in [0.717, 1.165) is 17.8 Å². The molecule has 11 heteroatoms. The van der Waals surface area contributed by atoms with Gasteiger partial charge in [0, 0.05) is 38.8 Å². The maximum atomic E-state index is 14.2. The molecule has 2 aliphatic rings. The lowest BCUT2D eigenvalue weighted by Crippen LogP contribution is -2.57. The van der Waals surface area contributed by atoms with Gasteiger partial charge in [-0.2, -0.15) is 9.57 Å². The molecule has 35 heavy (non-hydrogen) atoms. The van der Waals surface area contributed by atoms with Crippen molar-refractivity contribution in [3.63, 3.8) is 0 Å². The molecule has 0 saturated carbocycles. The number of phenolic OH excluding ortho intramolecular Hbond substituents is 1. The maximum Gasteiger partial charge on any atom is 0.165 e. The zero-order valence-electron chi connectivity index (χ0n) is 20.3. The molecular formula is C24H32FN5O4S. The molecule has 1 aromatic carbocycles. The van der Waals surface area contributed by atoms with E-state index in [-0.39, 0.29) is 29.3 Å². The molecule has 2 unspecified atom stereocenters. The molecule has 0 radical (unpaired) electrons. The van der Waals surface area contributed by atoms with Crippen molar-refractivity contribution in [1.82, 2.24) is 14.2 Å². The molecule has 4 rings (SSSR count). The zero-order chi connectivity index (χ0) is 25.5. The Balaban J connectivity index is 1.61. The van der Waals surface area contributed by atoms with Crippen molar-refractivity contribution in [1.29, 1.82) is 5.26 Å². The number of halogens is 1. The van der Waals surface area contributed by atoms with Gasteiger partial charge in [-0.05, 0) is 62.3 Å². The largest absolute Gasteiger partial charge is 0.504 e. The summed E-state index contributed by atoms with van der Waals surface area (Å²) in [6.07, 6.45) is 2.04. The first-order chi connectivity index (χ1) is 16.5. The van der Waals surface area contributed by atoms with Crippen LogP contribution in [-0.4, -0.2) is 66.2 Å². The molecule has 0 amide bonds. The van der Waals surface area contributed by atoms with Crippen LogP contribution in [0.4, 0.5) is 10.1 Å². The number of phenols is 1. The quantitative estimate of drug-likeness (QED) is 0.545. The fourth-order valence-corrected chi connectivity index (χ4v) is 7.02. The number of rotatable bonds is 5. The van der Waals surface area contributed by atoms with E-state index in [2.05, 4.69) is 16.8 Å². The number of likely N-dealkylation sites (N-methyl/N-ethyl adjacent to an activating group) is 1. The van der Waals surface area contributed by atoms with E-state index in [1.54, 1.807) is 13.1 Å². The number of aromatic hydroxyl groups is 1. The van der Waals surface area contributed by atoms with Gasteiger partial charge in [-0.25, -0.2) is 13.7 Å². The van der Waals surface area contributed by atoms with Gasteiger partial charge in [0.05, 0.1) is 23.5 Å². The first-order valence-corrected chi connectivity index (χ1v) is 13.0. The predicted octanol–water partition coefficient (Wildman–Crippen LogP) is 4.34. The summed E-state index contributed by atoms with van der Waals surface area (Å²) in [5.41, 5.74) is 0.349. The Kier molecular flexibility index (Phi) is 6.87. The number of hydrogen-bond donors (Lipinski definition) is 3. The third kappa shape index (κ3) is 4.77. The molecule has 190 valence electrons. The number of hydrogen-bond acceptors (Lipinski definition) is 9. The minimum Gasteiger partial charge on any atom is -0.504 e. The van der Waals surface area contributed by atoms with Gasteiger partial charge in [-0.1, -0.05) is 6.07 Å². The summed E-state index contributed by atoms with van der Waals surface area (Å²) < 4.78 is 45.0. The summed E-state index contributed by atoms with van der Waals surface area (Å²) in [5.74, 6) is -0.102. The van der Waals surface area contributed by atoms with Crippen LogP contribution in [-0.2, 0) is 6.54 Å². The number of likely N-dealkylation sites (tertiary alicyclic amines) is 1. The highest BCUT2D eigenvalue weighted by Crippen LogP contribution is 2.61. The molecule has 3 heterocycles. The standard InChI is InChI=1S/C24H32FN5O4S/c1-16(2)34-23-9-18(5-6-22(23)31)14-29-8-7-24(11-17(29)3)15-28(4)35(32,33)30(24)21-10-19(25)13-27-20(21)12-26/h5-6,9-10,13,16-17,31-33H,7-8,11,14-15H2,1-4H3. The second-order valence-electron chi connectivity index (χ2n) is 9.67. The molecule has 0 aliphatic carbocycles. The number of nitriles is 1. The summed E-state index contributed by atoms with van der Waals surface area (Å²) in [6, 6.07) is 8.50. The van der Waals surface area contributed by atoms with Crippen LogP contribution < -0.4 is 9.04 Å². The Hall–Kier alpha value is -2.62. The normalized spacial score (nSPS) is 25.7. The Morgan fingerprint density at radius 1 is 1.34 bits per heavy atom. The molecule has 2 aliphatic heterocycles. The Labute approximate surface area is 207 Å². The SMILES string of the molecule is CC(C)Oc1cc(CN2CCC3(CC2C)CN(C)S(O)(O)N3c2cc(F)cnc2C#N)ccc1O. The van der Waals surface area contributed by atoms with E-state index in [1.165, 1.54) is 8.61 Å². The molecule has 1 spiro atoms. The lowest BCUT2D eigenvalue weighted by atomic mass is 9.82. The maximum absolute atomic E-state index is 14.2. The molecule has 1 aromatic heterocycles. The highest BCUT2D eigenvalue weighted by atomic mass is 32.3. The number of ether oxygens (including phenoxy) is 1. The molecule has 3 N–H and O–H groups in total. The second kappa shape index (κ2) is 9.44. The lowest BCUT2D eigenvalue weighted by molar-refractivity contribution is 0.100. The summed E-state index contributed by atoms with van der Waals surface area (Å²) >= 11 is 0. The van der Waals surface area contributed by atoms with Gasteiger partial charge in [0.2, 0.25) is 0 Å². The van der Waals surface area contributed by atoms with Gasteiger partial charge in [-0.3, -0.25) is 14.0 Å². The van der Waals surface area contributed by atoms with Crippen LogP contribution in [0.5, 0.6) is 11.5 Å². The monoisotopic (exact) mass is 505 g/mol. The predicted molar refractivity (Wildman–Crippen MR) is 133 cm³/mol. The third-order valence-corrected chi connectivity index (χ3v) is 8.74. The van der Waals surface area contributed by atoms with E-state index in [9.17, 15) is 23.9 Å². The van der Waals surface area contributed by atoms with Gasteiger partial charge in [-0.15, -0.1) is 0 Å². The summed E-state index contributed by atoms with van der Waals surface area (Å²) in [4.78, 5) is 6.17. The number of anilines is 1. The molecular weight excluding hydrogens is 473 g/mol. The first-order valence-electron chi connectivity index (χ1n) is 11.5. The molecule has 2 fully saturated rings. The number of benzene rings is 1. The van der Waals surface area contributed by atoms with Crippen molar-refractivity contribution in [2.45, 2.75) is 57.8 Å². The molecule has 9 nitrogen and oxygen atoms in total. The van der Waals surface area contributed by atoms with Crippen molar-refractivity contribution in [2.75, 3.05) is 24.4 Å². The number of pyridine rings is 1. The van der Waals surface area contributed by atoms with Gasteiger partial charge in [0.15, 0.2) is 17.2 Å². The van der Waals surface area contributed by atoms with Crippen LogP contribution in [0.15, 0.2) is 30.5 Å². The average molecular weight is 506 g/mol. The molecule has 2 atom stereocenters. The van der Waals surface area contributed by atoms with Crippen LogP contribution in [0.3, 0.4) is 0 Å². The van der Waals surface area contributed by atoms with E-state index in [4.69, 9.17) is 4.74 Å². The van der Waals surface area contributed by atoms with E-state index >= 15 is 0 Å². The lowest BCUT2D eigenvalue weighted by Gasteiger charge is -2.51. The Morgan fingerprint density at radius 3 is 2.74 bits per heavy atom. The minimum atomic E-state index is -3.45. The fraction of sp³-hybridized carbons (Fsp3) is 0.500. The summed E-state index contributed by atoms with van der Waals surface area (Å²) in [7, 11) is -1.83. The van der Waals surface area contributed by atoms with Crippen LogP contribution in [0.1, 0.15) is 44.9 Å². The van der Waals surface area contributed by atoms with Crippen LogP contribution >= 0.6 is 11.0 Å². The summed E-state index contributed by atoms with van der Waals surface area (Å²) in [6.45, 7) is 7.51. The van der Waals surface area contributed by atoms with Gasteiger partial charge >= 0.3 is 0 Å². The van der Waals surface area contributed by atoms with Crippen molar-refractivity contribution < 1.29 is 23.3 Å². The highest BCUT2D eigenvalue weighted by Gasteiger charge is 2.56. The Morgan fingerprint density at radius 2 is 2.09 bits per heavy atom. The Bertz CT molecular complexity index is 1140. The average Bonchev–Trinajstić information content (AvgIpc) is 2.96. The van der Waals surface area contributed by atoms with Gasteiger partial charge < -0.3 is 9.84 Å². The van der Waals surface area contributed by atoms with E-state index in [0.29, 0.717) is 38.2 Å². The van der Waals surface area contributed by atoms with Crippen molar-refractivity contribution in [3.05, 3.63) is 47.5 Å². The number of piperidine rings is 1. The molecule has 0 bridgehead atoms. The van der Waals surface area contributed by atoms with Crippen LogP contribution in [0.25, 0.3) is 0 Å². The summed E-state index contributed by atoms with van der Waals surface area (Å²) in [5, 5.41) is 19.7. The minimum absolute atomic E-state index is 0.0436. The topological polar surface area (TPSA) is 116 Å². The first kappa shape index (κ1) is 25.5. The zero-order valence-corrected chi connectivity index (χ0v) is 21.2. The smallest absolute Gasteiger partial charge is 0.165 e. The van der Waals surface area contributed by atoms with Crippen molar-refractivity contribution in [2.24, 2.45) is 0 Å². The molecule has 2 aromatic rings. The number of aromatic nitrogens is 1. The van der Waals surface area contributed by atoms with Crippen LogP contribution in [0, 0.1) is 17.1 Å². The van der Waals surface area contributed by atoms with Crippen molar-refractivity contribution >= 4 is 16.6 Å². The van der Waals surface area contributed by atoms with E-state index < -0.39 is 22.3 Å². The van der Waals surface area contributed by atoms with Gasteiger partial charge in [0.25, 0.3) is 0 Å². The third-order valence-electron chi connectivity index (χ3n) is 6.71. The van der Waals surface area contributed by atoms with Gasteiger partial charge in [0.1, 0.15) is 11.9 Å². The van der Waals surface area contributed by atoms with Crippen molar-refractivity contribution in [3.8, 4) is 17.6 Å².